The van der Waals surface area contributed by atoms with Gasteiger partial charge in [0, 0.05) is 6.04 Å². The zero-order chi connectivity index (χ0) is 8.04. The summed E-state index contributed by atoms with van der Waals surface area (Å²) in [7, 11) is 0. The van der Waals surface area contributed by atoms with Crippen LogP contribution in [0.1, 0.15) is 6.42 Å². The van der Waals surface area contributed by atoms with Crippen LogP contribution in [0, 0.1) is 12.0 Å². The second-order valence-electron chi connectivity index (χ2n) is 1.36. The second kappa shape index (κ2) is 3.77. The van der Waals surface area contributed by atoms with Crippen LogP contribution in [0.5, 0.6) is 0 Å². The van der Waals surface area contributed by atoms with Gasteiger partial charge in [0.05, 0.1) is 0 Å². The largest absolute Gasteiger partial charge is 0.399 e. The highest BCUT2D eigenvalue weighted by molar-refractivity contribution is 5.49. The van der Waals surface area contributed by atoms with Crippen molar-refractivity contribution in [2.24, 2.45) is 0 Å². The Kier molecular flexibility index (Phi) is 3.33. The van der Waals surface area contributed by atoms with Gasteiger partial charge in [0.15, 0.2) is 0 Å². The highest BCUT2D eigenvalue weighted by Crippen LogP contribution is 2.17. The van der Waals surface area contributed by atoms with Crippen molar-refractivity contribution in [2.75, 3.05) is 0 Å². The highest BCUT2D eigenvalue weighted by Gasteiger charge is 2.25. The molecule has 0 unspecified atom stereocenters. The molecule has 0 rings (SSSR count). The van der Waals surface area contributed by atoms with Crippen molar-refractivity contribution in [3.05, 3.63) is 0 Å². The molecule has 0 heterocycles. The first-order valence-electron chi connectivity index (χ1n) is 2.30. The van der Waals surface area contributed by atoms with E-state index < -0.39 is 12.6 Å². The van der Waals surface area contributed by atoms with Gasteiger partial charge in [-0.05, 0) is 0 Å². The molecule has 0 saturated heterocycles. The van der Waals surface area contributed by atoms with Crippen LogP contribution in [0.3, 0.4) is 0 Å². The normalized spacial score (nSPS) is 9.50. The quantitative estimate of drug-likeness (QED) is 0.332. The molecule has 0 aromatic rings. The third-order valence-corrected chi connectivity index (χ3v) is 0.508. The molecular weight excluding hydrogens is 147 g/mol. The third-order valence-electron chi connectivity index (χ3n) is 0.508. The van der Waals surface area contributed by atoms with Gasteiger partial charge in [-0.1, -0.05) is 5.92 Å². The fourth-order valence-electron chi connectivity index (χ4n) is 0.225. The smallest absolute Gasteiger partial charge is 0.288 e. The summed E-state index contributed by atoms with van der Waals surface area (Å²) in [5.74, 6) is 1.71. The summed E-state index contributed by atoms with van der Waals surface area (Å²) >= 11 is 0. The molecule has 0 bridgehead atoms. The average Bonchev–Trinajstić information content (AvgIpc) is 1.78. The first-order valence-corrected chi connectivity index (χ1v) is 2.30. The third kappa shape index (κ3) is 6.82. The molecule has 5 heteroatoms. The molecule has 1 N–H and O–H groups in total. The van der Waals surface area contributed by atoms with Crippen LogP contribution in [-0.4, -0.2) is 12.6 Å². The van der Waals surface area contributed by atoms with E-state index in [1.807, 2.05) is 0 Å². The van der Waals surface area contributed by atoms with Crippen molar-refractivity contribution in [1.29, 1.82) is 0 Å². The molecule has 0 aliphatic rings. The van der Waals surface area contributed by atoms with E-state index in [0.717, 1.165) is 0 Å². The van der Waals surface area contributed by atoms with Gasteiger partial charge < -0.3 is 0 Å². The summed E-state index contributed by atoms with van der Waals surface area (Å²) in [5.41, 5.74) is 0. The molecule has 0 aromatic carbocycles. The minimum atomic E-state index is -4.28. The number of hydrogen-bond acceptors (Lipinski definition) is 1. The van der Waals surface area contributed by atoms with Crippen molar-refractivity contribution >= 4 is 6.41 Å². The lowest BCUT2D eigenvalue weighted by Gasteiger charge is -1.96. The Morgan fingerprint density at radius 2 is 2.10 bits per heavy atom. The molecule has 0 atom stereocenters. The number of halogens is 3. The lowest BCUT2D eigenvalue weighted by atomic mass is 10.4. The zero-order valence-electron chi connectivity index (χ0n) is 4.83. The Morgan fingerprint density at radius 3 is 2.50 bits per heavy atom. The van der Waals surface area contributed by atoms with Crippen molar-refractivity contribution in [3.8, 4) is 12.0 Å². The fraction of sp³-hybridized carbons (Fsp3) is 0.400. The minimum Gasteiger partial charge on any atom is -0.288 e. The van der Waals surface area contributed by atoms with Gasteiger partial charge in [0.2, 0.25) is 6.41 Å². The maximum Gasteiger partial charge on any atom is 0.399 e. The first-order chi connectivity index (χ1) is 4.56. The van der Waals surface area contributed by atoms with Gasteiger partial charge >= 0.3 is 6.18 Å². The molecule has 0 radical (unpaired) electrons. The van der Waals surface area contributed by atoms with Crippen LogP contribution in [0.4, 0.5) is 13.2 Å². The van der Waals surface area contributed by atoms with Crippen LogP contribution >= 0.6 is 0 Å². The molecule has 1 amide bonds. The van der Waals surface area contributed by atoms with E-state index in [-0.39, 0.29) is 6.41 Å². The van der Waals surface area contributed by atoms with E-state index in [0.29, 0.717) is 0 Å². The second-order valence-corrected chi connectivity index (χ2v) is 1.36. The number of carbonyl (C=O) groups excluding carboxylic acids is 1. The van der Waals surface area contributed by atoms with Crippen molar-refractivity contribution < 1.29 is 18.0 Å². The van der Waals surface area contributed by atoms with E-state index >= 15 is 0 Å². The van der Waals surface area contributed by atoms with Crippen LogP contribution in [-0.2, 0) is 4.79 Å². The molecule has 10 heavy (non-hydrogen) atoms. The summed E-state index contributed by atoms with van der Waals surface area (Å²) in [6.45, 7) is 0. The van der Waals surface area contributed by atoms with E-state index in [4.69, 9.17) is 0 Å². The molecule has 0 aromatic heterocycles. The molecule has 0 saturated carbocycles. The molecule has 0 aliphatic carbocycles. The van der Waals surface area contributed by atoms with Gasteiger partial charge in [-0.3, -0.25) is 10.1 Å². The van der Waals surface area contributed by atoms with Crippen LogP contribution < -0.4 is 5.32 Å². The van der Waals surface area contributed by atoms with Crippen molar-refractivity contribution in [3.63, 3.8) is 0 Å². The minimum absolute atomic E-state index is 0.212. The number of alkyl halides is 3. The number of nitrogens with one attached hydrogen (secondary N) is 1. The SMILES string of the molecule is O=CNC#CCC(F)(F)F. The lowest BCUT2D eigenvalue weighted by Crippen LogP contribution is -2.06. The first kappa shape index (κ1) is 8.82. The van der Waals surface area contributed by atoms with Crippen LogP contribution in [0.25, 0.3) is 0 Å². The average molecular weight is 151 g/mol. The Hall–Kier alpha value is -1.18. The number of rotatable bonds is 1. The van der Waals surface area contributed by atoms with Crippen LogP contribution in [0.2, 0.25) is 0 Å². The maximum absolute atomic E-state index is 11.3. The molecular formula is C5H4F3NO. The fourth-order valence-corrected chi connectivity index (χ4v) is 0.225. The Labute approximate surface area is 55.4 Å². The Bertz CT molecular complexity index is 164. The summed E-state index contributed by atoms with van der Waals surface area (Å²) < 4.78 is 33.8. The molecule has 56 valence electrons. The Balaban J connectivity index is 3.55. The van der Waals surface area contributed by atoms with Gasteiger partial charge in [-0.15, -0.1) is 0 Å². The standard InChI is InChI=1S/C5H4F3NO/c6-5(7,8)2-1-3-9-4-10/h4H,2H2,(H,9,10). The van der Waals surface area contributed by atoms with E-state index in [9.17, 15) is 18.0 Å². The summed E-state index contributed by atoms with van der Waals surface area (Å²) in [6, 6.07) is 1.80. The van der Waals surface area contributed by atoms with Gasteiger partial charge in [0.25, 0.3) is 0 Å². The number of carbonyl (C=O) groups is 1. The van der Waals surface area contributed by atoms with Gasteiger partial charge in [-0.2, -0.15) is 13.2 Å². The highest BCUT2D eigenvalue weighted by atomic mass is 19.4. The topological polar surface area (TPSA) is 29.1 Å². The molecule has 0 fully saturated rings. The molecule has 2 nitrogen and oxygen atoms in total. The molecule has 0 spiro atoms. The number of hydrogen-bond donors (Lipinski definition) is 1. The lowest BCUT2D eigenvalue weighted by molar-refractivity contribution is -0.123. The zero-order valence-corrected chi connectivity index (χ0v) is 4.83. The monoisotopic (exact) mass is 151 g/mol. The van der Waals surface area contributed by atoms with Gasteiger partial charge in [0.1, 0.15) is 6.42 Å². The predicted octanol–water partition coefficient (Wildman–Crippen LogP) is 0.646. The maximum atomic E-state index is 11.3. The van der Waals surface area contributed by atoms with Gasteiger partial charge in [-0.25, -0.2) is 0 Å². The van der Waals surface area contributed by atoms with Crippen molar-refractivity contribution in [2.45, 2.75) is 12.6 Å². The molecule has 0 aliphatic heterocycles. The summed E-state index contributed by atoms with van der Waals surface area (Å²) in [4.78, 5) is 9.43. The van der Waals surface area contributed by atoms with Crippen LogP contribution in [0.15, 0.2) is 0 Å². The van der Waals surface area contributed by atoms with E-state index in [2.05, 4.69) is 0 Å². The summed E-state index contributed by atoms with van der Waals surface area (Å²) in [6.07, 6.45) is -5.27. The number of amides is 1. The van der Waals surface area contributed by atoms with Crippen molar-refractivity contribution in [1.82, 2.24) is 5.32 Å². The Morgan fingerprint density at radius 1 is 1.50 bits per heavy atom. The summed E-state index contributed by atoms with van der Waals surface area (Å²) in [5, 5.41) is 1.78. The van der Waals surface area contributed by atoms with E-state index in [1.54, 1.807) is 17.3 Å². The predicted molar refractivity (Wildman–Crippen MR) is 27.6 cm³/mol. The van der Waals surface area contributed by atoms with E-state index in [1.165, 1.54) is 0 Å².